The molecule has 0 spiro atoms. The zero-order valence-corrected chi connectivity index (χ0v) is 40.1. The van der Waals surface area contributed by atoms with E-state index in [9.17, 15) is 14.4 Å². The van der Waals surface area contributed by atoms with Gasteiger partial charge in [-0.25, -0.2) is 0 Å². The van der Waals surface area contributed by atoms with Crippen LogP contribution in [0.5, 0.6) is 0 Å². The van der Waals surface area contributed by atoms with E-state index in [1.807, 2.05) is 0 Å². The fraction of sp³-hybridized carbons (Fsp3) is 0.943. The van der Waals surface area contributed by atoms with Crippen molar-refractivity contribution in [1.82, 2.24) is 0 Å². The molecule has 0 aromatic carbocycles. The van der Waals surface area contributed by atoms with Gasteiger partial charge >= 0.3 is 17.9 Å². The molecule has 0 aromatic heterocycles. The number of carbonyl (C=O) groups is 3. The lowest BCUT2D eigenvalue weighted by molar-refractivity contribution is -0.167. The lowest BCUT2D eigenvalue weighted by atomic mass is 10.0. The van der Waals surface area contributed by atoms with E-state index in [0.717, 1.165) is 57.8 Å². The molecule has 0 amide bonds. The van der Waals surface area contributed by atoms with Crippen LogP contribution in [0.15, 0.2) is 0 Å². The van der Waals surface area contributed by atoms with E-state index in [1.165, 1.54) is 205 Å². The Morgan fingerprint density at radius 2 is 0.458 bits per heavy atom. The molecule has 350 valence electrons. The number of rotatable bonds is 49. The van der Waals surface area contributed by atoms with E-state index >= 15 is 0 Å². The number of hydrogen-bond donors (Lipinski definition) is 0. The molecule has 0 aliphatic rings. The predicted molar refractivity (Wildman–Crippen MR) is 252 cm³/mol. The van der Waals surface area contributed by atoms with Crippen LogP contribution in [-0.2, 0) is 28.6 Å². The first-order valence-electron chi connectivity index (χ1n) is 26.5. The van der Waals surface area contributed by atoms with E-state index in [-0.39, 0.29) is 31.1 Å². The Hall–Kier alpha value is -1.59. The standard InChI is InChI=1S/C53H102O6/c1-4-7-10-13-16-19-22-25-26-27-29-31-34-37-40-43-46-52(55)58-49-50(48-57-51(54)45-42-39-36-33-30-24-21-18-15-12-9-6-3)59-53(56)47-44-41-38-35-32-28-23-20-17-14-11-8-5-2/h50H,4-49H2,1-3H3/t50-/m1/s1. The maximum atomic E-state index is 12.8. The minimum absolute atomic E-state index is 0.0616. The van der Waals surface area contributed by atoms with Gasteiger partial charge in [0.1, 0.15) is 13.2 Å². The second kappa shape index (κ2) is 49.1. The molecule has 0 N–H and O–H groups in total. The molecule has 0 radical (unpaired) electrons. The fourth-order valence-corrected chi connectivity index (χ4v) is 8.09. The molecule has 0 aliphatic carbocycles. The highest BCUT2D eigenvalue weighted by molar-refractivity contribution is 5.71. The summed E-state index contributed by atoms with van der Waals surface area (Å²) in [5, 5.41) is 0. The number of ether oxygens (including phenoxy) is 3. The quantitative estimate of drug-likeness (QED) is 0.0345. The highest BCUT2D eigenvalue weighted by Gasteiger charge is 2.19. The summed E-state index contributed by atoms with van der Waals surface area (Å²) in [6.45, 7) is 6.68. The Morgan fingerprint density at radius 1 is 0.271 bits per heavy atom. The van der Waals surface area contributed by atoms with Gasteiger partial charge in [-0.15, -0.1) is 0 Å². The smallest absolute Gasteiger partial charge is 0.306 e. The number of esters is 3. The molecule has 6 heteroatoms. The second-order valence-electron chi connectivity index (χ2n) is 18.2. The fourth-order valence-electron chi connectivity index (χ4n) is 8.09. The van der Waals surface area contributed by atoms with Gasteiger partial charge in [0.05, 0.1) is 0 Å². The third-order valence-electron chi connectivity index (χ3n) is 12.1. The summed E-state index contributed by atoms with van der Waals surface area (Å²) in [6, 6.07) is 0. The van der Waals surface area contributed by atoms with E-state index in [4.69, 9.17) is 14.2 Å². The molecule has 0 unspecified atom stereocenters. The SMILES string of the molecule is CCCCCCCCCCCCCCCCCCC(=O)OC[C@@H](COC(=O)CCCCCCCCCCCCCC)OC(=O)CCCCCCCCCCCCCCC. The molecule has 0 saturated heterocycles. The maximum Gasteiger partial charge on any atom is 0.306 e. The molecule has 0 fully saturated rings. The van der Waals surface area contributed by atoms with Crippen LogP contribution in [0.25, 0.3) is 0 Å². The average Bonchev–Trinajstić information content (AvgIpc) is 3.23. The minimum Gasteiger partial charge on any atom is -0.462 e. The Morgan fingerprint density at radius 3 is 0.678 bits per heavy atom. The number of carbonyl (C=O) groups excluding carboxylic acids is 3. The van der Waals surface area contributed by atoms with Crippen molar-refractivity contribution in [3.8, 4) is 0 Å². The first-order chi connectivity index (χ1) is 29.0. The van der Waals surface area contributed by atoms with Gasteiger partial charge in [-0.3, -0.25) is 14.4 Å². The van der Waals surface area contributed by atoms with E-state index in [2.05, 4.69) is 20.8 Å². The molecule has 0 bridgehead atoms. The predicted octanol–water partition coefficient (Wildman–Crippen LogP) is 17.2. The molecular weight excluding hydrogens is 733 g/mol. The van der Waals surface area contributed by atoms with Gasteiger partial charge in [0.2, 0.25) is 0 Å². The molecule has 0 heterocycles. The van der Waals surface area contributed by atoms with Gasteiger partial charge in [0.25, 0.3) is 0 Å². The third kappa shape index (κ3) is 47.3. The van der Waals surface area contributed by atoms with Crippen molar-refractivity contribution in [1.29, 1.82) is 0 Å². The second-order valence-corrected chi connectivity index (χ2v) is 18.2. The van der Waals surface area contributed by atoms with Crippen molar-refractivity contribution in [2.24, 2.45) is 0 Å². The third-order valence-corrected chi connectivity index (χ3v) is 12.1. The molecule has 0 aromatic rings. The first kappa shape index (κ1) is 57.4. The van der Waals surface area contributed by atoms with Gasteiger partial charge in [-0.1, -0.05) is 265 Å². The Balaban J connectivity index is 4.29. The summed E-state index contributed by atoms with van der Waals surface area (Å²) in [6.07, 6.45) is 52.2. The minimum atomic E-state index is -0.759. The maximum absolute atomic E-state index is 12.8. The highest BCUT2D eigenvalue weighted by Crippen LogP contribution is 2.17. The van der Waals surface area contributed by atoms with Gasteiger partial charge in [0.15, 0.2) is 6.10 Å². The van der Waals surface area contributed by atoms with Gasteiger partial charge < -0.3 is 14.2 Å². The van der Waals surface area contributed by atoms with E-state index < -0.39 is 6.10 Å². The van der Waals surface area contributed by atoms with Crippen LogP contribution in [0.4, 0.5) is 0 Å². The van der Waals surface area contributed by atoms with Crippen molar-refractivity contribution in [3.05, 3.63) is 0 Å². The Bertz CT molecular complexity index is 874. The van der Waals surface area contributed by atoms with Crippen LogP contribution in [0.1, 0.15) is 303 Å². The Labute approximate surface area is 368 Å². The van der Waals surface area contributed by atoms with E-state index in [0.29, 0.717) is 19.3 Å². The topological polar surface area (TPSA) is 78.9 Å². The summed E-state index contributed by atoms with van der Waals surface area (Å²) < 4.78 is 16.8. The van der Waals surface area contributed by atoms with Crippen LogP contribution in [0, 0.1) is 0 Å². The van der Waals surface area contributed by atoms with Crippen molar-refractivity contribution >= 4 is 17.9 Å². The molecule has 0 saturated carbocycles. The van der Waals surface area contributed by atoms with Crippen LogP contribution in [0.3, 0.4) is 0 Å². The zero-order chi connectivity index (χ0) is 43.0. The average molecular weight is 835 g/mol. The number of hydrogen-bond acceptors (Lipinski definition) is 6. The van der Waals surface area contributed by atoms with Gasteiger partial charge in [0, 0.05) is 19.3 Å². The largest absolute Gasteiger partial charge is 0.462 e. The lowest BCUT2D eigenvalue weighted by Gasteiger charge is -2.18. The Kier molecular flexibility index (Phi) is 47.7. The molecule has 59 heavy (non-hydrogen) atoms. The highest BCUT2D eigenvalue weighted by atomic mass is 16.6. The first-order valence-corrected chi connectivity index (χ1v) is 26.5. The lowest BCUT2D eigenvalue weighted by Crippen LogP contribution is -2.30. The summed E-state index contributed by atoms with van der Waals surface area (Å²) in [5.41, 5.74) is 0. The summed E-state index contributed by atoms with van der Waals surface area (Å²) in [7, 11) is 0. The summed E-state index contributed by atoms with van der Waals surface area (Å²) in [4.78, 5) is 37.9. The van der Waals surface area contributed by atoms with E-state index in [1.54, 1.807) is 0 Å². The van der Waals surface area contributed by atoms with Crippen molar-refractivity contribution in [3.63, 3.8) is 0 Å². The summed E-state index contributed by atoms with van der Waals surface area (Å²) in [5.74, 6) is -0.839. The van der Waals surface area contributed by atoms with Crippen molar-refractivity contribution in [2.45, 2.75) is 309 Å². The van der Waals surface area contributed by atoms with Gasteiger partial charge in [-0.05, 0) is 19.3 Å². The molecule has 6 nitrogen and oxygen atoms in total. The zero-order valence-electron chi connectivity index (χ0n) is 40.1. The summed E-state index contributed by atoms with van der Waals surface area (Å²) >= 11 is 0. The van der Waals surface area contributed by atoms with Crippen molar-refractivity contribution < 1.29 is 28.6 Å². The molecule has 0 rings (SSSR count). The number of unbranched alkanes of at least 4 members (excludes halogenated alkanes) is 38. The van der Waals surface area contributed by atoms with Crippen LogP contribution in [0.2, 0.25) is 0 Å². The van der Waals surface area contributed by atoms with Crippen molar-refractivity contribution in [2.75, 3.05) is 13.2 Å². The van der Waals surface area contributed by atoms with Gasteiger partial charge in [-0.2, -0.15) is 0 Å². The van der Waals surface area contributed by atoms with Crippen LogP contribution >= 0.6 is 0 Å². The monoisotopic (exact) mass is 835 g/mol. The normalized spacial score (nSPS) is 11.8. The van der Waals surface area contributed by atoms with Crippen LogP contribution < -0.4 is 0 Å². The van der Waals surface area contributed by atoms with Crippen LogP contribution in [-0.4, -0.2) is 37.2 Å². The molecule has 1 atom stereocenters. The molecule has 0 aliphatic heterocycles. The molecular formula is C53H102O6.